The van der Waals surface area contributed by atoms with Crippen LogP contribution in [0.2, 0.25) is 0 Å². The summed E-state index contributed by atoms with van der Waals surface area (Å²) in [5.74, 6) is -0.269. The van der Waals surface area contributed by atoms with Crippen molar-refractivity contribution in [1.82, 2.24) is 4.98 Å². The molecule has 1 N–H and O–H groups in total. The summed E-state index contributed by atoms with van der Waals surface area (Å²) in [6, 6.07) is 11.7. The summed E-state index contributed by atoms with van der Waals surface area (Å²) < 4.78 is 12.7. The Bertz CT molecular complexity index is 543. The minimum Gasteiger partial charge on any atom is -0.381 e. The fourth-order valence-electron chi connectivity index (χ4n) is 1.45. The Hall–Kier alpha value is -2.41. The molecule has 0 atom stereocenters. The van der Waals surface area contributed by atoms with Crippen LogP contribution in [0.15, 0.2) is 42.6 Å². The number of anilines is 1. The van der Waals surface area contributed by atoms with E-state index in [2.05, 4.69) is 10.3 Å². The third-order valence-corrected chi connectivity index (χ3v) is 2.32. The van der Waals surface area contributed by atoms with Crippen LogP contribution < -0.4 is 5.32 Å². The maximum Gasteiger partial charge on any atom is 0.145 e. The van der Waals surface area contributed by atoms with Crippen molar-refractivity contribution in [3.63, 3.8) is 0 Å². The summed E-state index contributed by atoms with van der Waals surface area (Å²) in [5, 5.41) is 12.0. The fraction of sp³-hybridized carbons (Fsp3) is 0.0769. The molecular formula is C13H10FN3. The normalized spacial score (nSPS) is 9.65. The van der Waals surface area contributed by atoms with Gasteiger partial charge >= 0.3 is 0 Å². The zero-order valence-corrected chi connectivity index (χ0v) is 9.02. The number of aromatic nitrogens is 1. The number of halogens is 1. The van der Waals surface area contributed by atoms with Crippen molar-refractivity contribution < 1.29 is 4.39 Å². The third-order valence-electron chi connectivity index (χ3n) is 2.32. The monoisotopic (exact) mass is 227 g/mol. The lowest BCUT2D eigenvalue weighted by Crippen LogP contribution is -2.02. The Kier molecular flexibility index (Phi) is 3.31. The highest BCUT2D eigenvalue weighted by atomic mass is 19.1. The number of pyridine rings is 1. The lowest BCUT2D eigenvalue weighted by Gasteiger charge is -2.06. The Morgan fingerprint density at radius 3 is 2.71 bits per heavy atom. The van der Waals surface area contributed by atoms with Crippen molar-refractivity contribution in [2.45, 2.75) is 6.54 Å². The largest absolute Gasteiger partial charge is 0.381 e. The molecular weight excluding hydrogens is 217 g/mol. The van der Waals surface area contributed by atoms with Crippen LogP contribution in [0.3, 0.4) is 0 Å². The molecule has 0 fully saturated rings. The predicted octanol–water partition coefficient (Wildman–Crippen LogP) is 2.70. The van der Waals surface area contributed by atoms with Crippen LogP contribution in [0.25, 0.3) is 0 Å². The van der Waals surface area contributed by atoms with Gasteiger partial charge in [0.25, 0.3) is 0 Å². The maximum absolute atomic E-state index is 12.7. The Morgan fingerprint density at radius 1 is 1.24 bits per heavy atom. The van der Waals surface area contributed by atoms with Crippen LogP contribution in [0.4, 0.5) is 10.1 Å². The van der Waals surface area contributed by atoms with E-state index < -0.39 is 0 Å². The second-order valence-electron chi connectivity index (χ2n) is 3.48. The highest BCUT2D eigenvalue weighted by Gasteiger charge is 2.01. The van der Waals surface area contributed by atoms with E-state index >= 15 is 0 Å². The van der Waals surface area contributed by atoms with E-state index in [1.54, 1.807) is 24.4 Å². The molecule has 1 aromatic carbocycles. The summed E-state index contributed by atoms with van der Waals surface area (Å²) >= 11 is 0. The smallest absolute Gasteiger partial charge is 0.145 e. The molecule has 0 aliphatic rings. The van der Waals surface area contributed by atoms with Gasteiger partial charge in [-0.05, 0) is 30.3 Å². The number of nitrogens with one attached hydrogen (secondary N) is 1. The SMILES string of the molecule is N#Cc1ncccc1CNc1ccc(F)cc1. The van der Waals surface area contributed by atoms with Crippen LogP contribution in [-0.4, -0.2) is 4.98 Å². The summed E-state index contributed by atoms with van der Waals surface area (Å²) in [5.41, 5.74) is 2.03. The molecule has 0 aliphatic carbocycles. The molecule has 0 bridgehead atoms. The molecule has 84 valence electrons. The average Bonchev–Trinajstić information content (AvgIpc) is 2.38. The topological polar surface area (TPSA) is 48.7 Å². The van der Waals surface area contributed by atoms with Crippen molar-refractivity contribution in [3.05, 3.63) is 59.7 Å². The van der Waals surface area contributed by atoms with E-state index in [0.717, 1.165) is 11.3 Å². The first-order chi connectivity index (χ1) is 8.29. The van der Waals surface area contributed by atoms with Gasteiger partial charge in [-0.25, -0.2) is 9.37 Å². The third kappa shape index (κ3) is 2.79. The van der Waals surface area contributed by atoms with Gasteiger partial charge in [0, 0.05) is 24.0 Å². The van der Waals surface area contributed by atoms with Gasteiger partial charge in [0.2, 0.25) is 0 Å². The fourth-order valence-corrected chi connectivity index (χ4v) is 1.45. The first kappa shape index (κ1) is 11.1. The molecule has 0 saturated carbocycles. The lowest BCUT2D eigenvalue weighted by molar-refractivity contribution is 0.628. The number of rotatable bonds is 3. The molecule has 0 amide bonds. The van der Waals surface area contributed by atoms with E-state index in [1.807, 2.05) is 12.1 Å². The summed E-state index contributed by atoms with van der Waals surface area (Å²) in [6.07, 6.45) is 1.58. The molecule has 0 aliphatic heterocycles. The minimum absolute atomic E-state index is 0.269. The molecule has 1 heterocycles. The van der Waals surface area contributed by atoms with Gasteiger partial charge in [-0.2, -0.15) is 5.26 Å². The quantitative estimate of drug-likeness (QED) is 0.877. The van der Waals surface area contributed by atoms with Gasteiger partial charge in [-0.3, -0.25) is 0 Å². The highest BCUT2D eigenvalue weighted by Crippen LogP contribution is 2.11. The zero-order valence-electron chi connectivity index (χ0n) is 9.02. The van der Waals surface area contributed by atoms with Gasteiger partial charge in [-0.1, -0.05) is 6.07 Å². The van der Waals surface area contributed by atoms with Gasteiger partial charge < -0.3 is 5.32 Å². The van der Waals surface area contributed by atoms with Crippen LogP contribution in [0.1, 0.15) is 11.3 Å². The maximum atomic E-state index is 12.7. The minimum atomic E-state index is -0.269. The van der Waals surface area contributed by atoms with E-state index in [0.29, 0.717) is 12.2 Å². The molecule has 0 radical (unpaired) electrons. The van der Waals surface area contributed by atoms with Gasteiger partial charge in [0.1, 0.15) is 17.6 Å². The molecule has 3 nitrogen and oxygen atoms in total. The summed E-state index contributed by atoms with van der Waals surface area (Å²) in [4.78, 5) is 3.96. The first-order valence-electron chi connectivity index (χ1n) is 5.13. The zero-order chi connectivity index (χ0) is 12.1. The Labute approximate surface area is 98.5 Å². The molecule has 0 unspecified atom stereocenters. The number of nitrogens with zero attached hydrogens (tertiary/aromatic N) is 2. The van der Waals surface area contributed by atoms with Crippen LogP contribution in [0, 0.1) is 17.1 Å². The number of hydrogen-bond acceptors (Lipinski definition) is 3. The van der Waals surface area contributed by atoms with Gasteiger partial charge in [-0.15, -0.1) is 0 Å². The second kappa shape index (κ2) is 5.08. The number of nitriles is 1. The Balaban J connectivity index is 2.08. The van der Waals surface area contributed by atoms with Gasteiger partial charge in [0.05, 0.1) is 0 Å². The van der Waals surface area contributed by atoms with Crippen LogP contribution in [-0.2, 0) is 6.54 Å². The van der Waals surface area contributed by atoms with E-state index in [4.69, 9.17) is 5.26 Å². The molecule has 0 saturated heterocycles. The lowest BCUT2D eigenvalue weighted by atomic mass is 10.2. The van der Waals surface area contributed by atoms with Crippen molar-refractivity contribution in [2.24, 2.45) is 0 Å². The molecule has 4 heteroatoms. The van der Waals surface area contributed by atoms with E-state index in [1.165, 1.54) is 12.1 Å². The summed E-state index contributed by atoms with van der Waals surface area (Å²) in [6.45, 7) is 0.488. The molecule has 2 aromatic rings. The molecule has 0 spiro atoms. The second-order valence-corrected chi connectivity index (χ2v) is 3.48. The molecule has 17 heavy (non-hydrogen) atoms. The van der Waals surface area contributed by atoms with Crippen molar-refractivity contribution in [3.8, 4) is 6.07 Å². The average molecular weight is 227 g/mol. The van der Waals surface area contributed by atoms with Gasteiger partial charge in [0.15, 0.2) is 0 Å². The predicted molar refractivity (Wildman–Crippen MR) is 62.7 cm³/mol. The first-order valence-corrected chi connectivity index (χ1v) is 5.13. The van der Waals surface area contributed by atoms with E-state index in [-0.39, 0.29) is 5.82 Å². The standard InChI is InChI=1S/C13H10FN3/c14-11-3-5-12(6-4-11)17-9-10-2-1-7-16-13(10)8-15/h1-7,17H,9H2. The highest BCUT2D eigenvalue weighted by molar-refractivity contribution is 5.44. The van der Waals surface area contributed by atoms with Crippen molar-refractivity contribution in [2.75, 3.05) is 5.32 Å². The Morgan fingerprint density at radius 2 is 2.00 bits per heavy atom. The van der Waals surface area contributed by atoms with Crippen LogP contribution >= 0.6 is 0 Å². The summed E-state index contributed by atoms with van der Waals surface area (Å²) in [7, 11) is 0. The molecule has 1 aromatic heterocycles. The van der Waals surface area contributed by atoms with E-state index in [9.17, 15) is 4.39 Å². The molecule has 2 rings (SSSR count). The van der Waals surface area contributed by atoms with Crippen molar-refractivity contribution >= 4 is 5.69 Å². The van der Waals surface area contributed by atoms with Crippen LogP contribution in [0.5, 0.6) is 0 Å². The van der Waals surface area contributed by atoms with Crippen molar-refractivity contribution in [1.29, 1.82) is 5.26 Å². The number of benzene rings is 1. The number of hydrogen-bond donors (Lipinski definition) is 1.